The van der Waals surface area contributed by atoms with Gasteiger partial charge in [0.25, 0.3) is 0 Å². The molecule has 0 unspecified atom stereocenters. The zero-order chi connectivity index (χ0) is 12.7. The van der Waals surface area contributed by atoms with Crippen LogP contribution in [0.4, 0.5) is 0 Å². The van der Waals surface area contributed by atoms with Gasteiger partial charge in [-0.3, -0.25) is 0 Å². The summed E-state index contributed by atoms with van der Waals surface area (Å²) in [6, 6.07) is 10.0. The maximum Gasteiger partial charge on any atom is 0.139 e. The molecule has 0 radical (unpaired) electrons. The van der Waals surface area contributed by atoms with Crippen LogP contribution in [0, 0.1) is 0 Å². The summed E-state index contributed by atoms with van der Waals surface area (Å²) in [7, 11) is 1.97. The molecule has 2 aromatic rings. The predicted octanol–water partition coefficient (Wildman–Crippen LogP) is 2.65. The number of rotatable bonds is 3. The maximum absolute atomic E-state index is 8.84. The summed E-state index contributed by atoms with van der Waals surface area (Å²) in [6.45, 7) is 4.14. The number of aliphatic hydroxyl groups excluding tert-OH is 1. The van der Waals surface area contributed by atoms with E-state index in [-0.39, 0.29) is 6.61 Å². The Hall–Kier alpha value is -1.61. The van der Waals surface area contributed by atoms with Crippen molar-refractivity contribution in [3.05, 3.63) is 42.2 Å². The SMILES string of the molecule is CC.Cn1cc(CCO)nc1-c1ccccc1. The minimum absolute atomic E-state index is 0.144. The molecule has 0 saturated heterocycles. The van der Waals surface area contributed by atoms with Crippen LogP contribution in [0.2, 0.25) is 0 Å². The standard InChI is InChI=1S/C12H14N2O.C2H6/c1-14-9-11(7-8-15)13-12(14)10-5-3-2-4-6-10;1-2/h2-6,9,15H,7-8H2,1H3;1-2H3. The Labute approximate surface area is 103 Å². The van der Waals surface area contributed by atoms with Crippen molar-refractivity contribution >= 4 is 0 Å². The summed E-state index contributed by atoms with van der Waals surface area (Å²) < 4.78 is 1.99. The van der Waals surface area contributed by atoms with Crippen LogP contribution in [-0.2, 0) is 13.5 Å². The van der Waals surface area contributed by atoms with Crippen molar-refractivity contribution < 1.29 is 5.11 Å². The van der Waals surface area contributed by atoms with Crippen LogP contribution >= 0.6 is 0 Å². The molecule has 2 rings (SSSR count). The Morgan fingerprint density at radius 3 is 2.41 bits per heavy atom. The number of benzene rings is 1. The number of aryl methyl sites for hydroxylation is 1. The van der Waals surface area contributed by atoms with Crippen molar-refractivity contribution in [2.24, 2.45) is 7.05 Å². The third-order valence-electron chi connectivity index (χ3n) is 2.33. The van der Waals surface area contributed by atoms with Gasteiger partial charge < -0.3 is 9.67 Å². The molecule has 0 aliphatic carbocycles. The highest BCUT2D eigenvalue weighted by Crippen LogP contribution is 2.17. The van der Waals surface area contributed by atoms with E-state index in [1.165, 1.54) is 0 Å². The van der Waals surface area contributed by atoms with E-state index < -0.39 is 0 Å². The first kappa shape index (κ1) is 13.5. The normalized spacial score (nSPS) is 9.65. The van der Waals surface area contributed by atoms with Gasteiger partial charge in [0.1, 0.15) is 5.82 Å². The zero-order valence-corrected chi connectivity index (χ0v) is 10.7. The molecule has 1 heterocycles. The van der Waals surface area contributed by atoms with Gasteiger partial charge in [-0.1, -0.05) is 44.2 Å². The van der Waals surface area contributed by atoms with Gasteiger partial charge in [0.2, 0.25) is 0 Å². The highest BCUT2D eigenvalue weighted by molar-refractivity contribution is 5.55. The lowest BCUT2D eigenvalue weighted by Gasteiger charge is -1.99. The third kappa shape index (κ3) is 3.43. The highest BCUT2D eigenvalue weighted by atomic mass is 16.3. The number of aromatic nitrogens is 2. The Morgan fingerprint density at radius 2 is 1.82 bits per heavy atom. The molecule has 0 saturated carbocycles. The number of imidazole rings is 1. The van der Waals surface area contributed by atoms with Crippen molar-refractivity contribution in [2.45, 2.75) is 20.3 Å². The second kappa shape index (κ2) is 6.86. The fourth-order valence-electron chi connectivity index (χ4n) is 1.62. The number of aliphatic hydroxyl groups is 1. The zero-order valence-electron chi connectivity index (χ0n) is 10.7. The van der Waals surface area contributed by atoms with Crippen LogP contribution in [0.5, 0.6) is 0 Å². The Bertz CT molecular complexity index is 435. The Morgan fingerprint density at radius 1 is 1.18 bits per heavy atom. The largest absolute Gasteiger partial charge is 0.396 e. The first-order valence-corrected chi connectivity index (χ1v) is 6.00. The first-order chi connectivity index (χ1) is 8.31. The van der Waals surface area contributed by atoms with Crippen LogP contribution < -0.4 is 0 Å². The molecule has 3 nitrogen and oxygen atoms in total. The lowest BCUT2D eigenvalue weighted by atomic mass is 10.2. The predicted molar refractivity (Wildman–Crippen MR) is 70.8 cm³/mol. The molecule has 0 amide bonds. The summed E-state index contributed by atoms with van der Waals surface area (Å²) >= 11 is 0. The van der Waals surface area contributed by atoms with E-state index >= 15 is 0 Å². The second-order valence-corrected chi connectivity index (χ2v) is 3.51. The van der Waals surface area contributed by atoms with Crippen molar-refractivity contribution in [3.8, 4) is 11.4 Å². The lowest BCUT2D eigenvalue weighted by Crippen LogP contribution is -1.90. The monoisotopic (exact) mass is 232 g/mol. The quantitative estimate of drug-likeness (QED) is 0.883. The molecule has 1 aromatic heterocycles. The second-order valence-electron chi connectivity index (χ2n) is 3.51. The summed E-state index contributed by atoms with van der Waals surface area (Å²) in [5.74, 6) is 0.944. The Kier molecular flexibility index (Phi) is 5.43. The van der Waals surface area contributed by atoms with E-state index in [0.29, 0.717) is 6.42 Å². The maximum atomic E-state index is 8.84. The average molecular weight is 232 g/mol. The van der Waals surface area contributed by atoms with E-state index in [2.05, 4.69) is 4.98 Å². The average Bonchev–Trinajstić information content (AvgIpc) is 2.74. The number of hydrogen-bond acceptors (Lipinski definition) is 2. The van der Waals surface area contributed by atoms with Crippen LogP contribution in [0.25, 0.3) is 11.4 Å². The van der Waals surface area contributed by atoms with E-state index in [9.17, 15) is 0 Å². The summed E-state index contributed by atoms with van der Waals surface area (Å²) in [4.78, 5) is 4.47. The van der Waals surface area contributed by atoms with Gasteiger partial charge >= 0.3 is 0 Å². The number of hydrogen-bond donors (Lipinski definition) is 1. The molecule has 92 valence electrons. The van der Waals surface area contributed by atoms with Gasteiger partial charge in [-0.15, -0.1) is 0 Å². The minimum atomic E-state index is 0.144. The van der Waals surface area contributed by atoms with Crippen LogP contribution in [0.3, 0.4) is 0 Å². The van der Waals surface area contributed by atoms with Gasteiger partial charge in [-0.05, 0) is 0 Å². The fraction of sp³-hybridized carbons (Fsp3) is 0.357. The molecule has 1 aromatic carbocycles. The molecule has 1 N–H and O–H groups in total. The highest BCUT2D eigenvalue weighted by Gasteiger charge is 2.06. The van der Waals surface area contributed by atoms with Gasteiger partial charge in [-0.25, -0.2) is 4.98 Å². The summed E-state index contributed by atoms with van der Waals surface area (Å²) in [5, 5.41) is 8.84. The van der Waals surface area contributed by atoms with E-state index in [0.717, 1.165) is 17.1 Å². The van der Waals surface area contributed by atoms with Crippen molar-refractivity contribution in [1.29, 1.82) is 0 Å². The summed E-state index contributed by atoms with van der Waals surface area (Å²) in [6.07, 6.45) is 2.57. The molecule has 0 bridgehead atoms. The van der Waals surface area contributed by atoms with E-state index in [1.54, 1.807) is 0 Å². The first-order valence-electron chi connectivity index (χ1n) is 6.00. The van der Waals surface area contributed by atoms with Crippen molar-refractivity contribution in [1.82, 2.24) is 9.55 Å². The molecular weight excluding hydrogens is 212 g/mol. The fourth-order valence-corrected chi connectivity index (χ4v) is 1.62. The van der Waals surface area contributed by atoms with Gasteiger partial charge in [0.05, 0.1) is 5.69 Å². The van der Waals surface area contributed by atoms with Crippen LogP contribution in [0.15, 0.2) is 36.5 Å². The molecule has 0 aliphatic heterocycles. The van der Waals surface area contributed by atoms with Gasteiger partial charge in [0, 0.05) is 31.8 Å². The van der Waals surface area contributed by atoms with E-state index in [4.69, 9.17) is 5.11 Å². The third-order valence-corrected chi connectivity index (χ3v) is 2.33. The minimum Gasteiger partial charge on any atom is -0.396 e. The van der Waals surface area contributed by atoms with Crippen LogP contribution in [-0.4, -0.2) is 21.3 Å². The molecule has 3 heteroatoms. The lowest BCUT2D eigenvalue weighted by molar-refractivity contribution is 0.298. The van der Waals surface area contributed by atoms with Crippen molar-refractivity contribution in [2.75, 3.05) is 6.61 Å². The van der Waals surface area contributed by atoms with Gasteiger partial charge in [0.15, 0.2) is 0 Å². The Balaban J connectivity index is 0.000000686. The molecule has 0 spiro atoms. The molecule has 0 atom stereocenters. The smallest absolute Gasteiger partial charge is 0.139 e. The summed E-state index contributed by atoms with van der Waals surface area (Å²) in [5.41, 5.74) is 2.03. The molecule has 0 fully saturated rings. The van der Waals surface area contributed by atoms with Gasteiger partial charge in [-0.2, -0.15) is 0 Å². The van der Waals surface area contributed by atoms with E-state index in [1.807, 2.05) is 62.0 Å². The molecule has 17 heavy (non-hydrogen) atoms. The number of nitrogens with zero attached hydrogens (tertiary/aromatic N) is 2. The molecular formula is C14H20N2O. The molecule has 0 aliphatic rings. The van der Waals surface area contributed by atoms with Crippen LogP contribution in [0.1, 0.15) is 19.5 Å². The topological polar surface area (TPSA) is 38.0 Å². The van der Waals surface area contributed by atoms with Crippen molar-refractivity contribution in [3.63, 3.8) is 0 Å².